The van der Waals surface area contributed by atoms with Gasteiger partial charge in [-0.2, -0.15) is 0 Å². The molecular weight excluding hydrogens is 518 g/mol. The van der Waals surface area contributed by atoms with Gasteiger partial charge in [-0.05, 0) is 81.1 Å². The van der Waals surface area contributed by atoms with Crippen LogP contribution in [0.4, 0.5) is 11.4 Å². The van der Waals surface area contributed by atoms with Gasteiger partial charge in [0.25, 0.3) is 0 Å². The van der Waals surface area contributed by atoms with Crippen molar-refractivity contribution in [2.45, 2.75) is 32.7 Å². The Balaban J connectivity index is 1.65. The van der Waals surface area contributed by atoms with Gasteiger partial charge in [-0.15, -0.1) is 11.3 Å². The monoisotopic (exact) mass is 551 g/mol. The number of rotatable bonds is 10. The Labute approximate surface area is 231 Å². The maximum absolute atomic E-state index is 13.8. The molecule has 2 heterocycles. The summed E-state index contributed by atoms with van der Waals surface area (Å²) in [6.45, 7) is 4.77. The van der Waals surface area contributed by atoms with E-state index in [1.807, 2.05) is 55.5 Å². The van der Waals surface area contributed by atoms with Gasteiger partial charge in [0.1, 0.15) is 11.8 Å². The highest BCUT2D eigenvalue weighted by atomic mass is 32.1. The van der Waals surface area contributed by atoms with Gasteiger partial charge in [-0.25, -0.2) is 9.59 Å². The molecule has 1 saturated heterocycles. The molecule has 4 N–H and O–H groups in total. The summed E-state index contributed by atoms with van der Waals surface area (Å²) in [5.74, 6) is -2.20. The first kappa shape index (κ1) is 28.1. The minimum absolute atomic E-state index is 0.0253. The lowest BCUT2D eigenvalue weighted by molar-refractivity contribution is -0.139. The Hall–Kier alpha value is -3.89. The van der Waals surface area contributed by atoms with Gasteiger partial charge in [-0.3, -0.25) is 4.79 Å². The second kappa shape index (κ2) is 12.3. The fraction of sp³-hybridized carbons (Fsp3) is 0.345. The van der Waals surface area contributed by atoms with Gasteiger partial charge in [0, 0.05) is 28.9 Å². The van der Waals surface area contributed by atoms with E-state index in [-0.39, 0.29) is 22.5 Å². The van der Waals surface area contributed by atoms with Crippen molar-refractivity contribution in [1.82, 2.24) is 5.32 Å². The molecule has 1 aromatic heterocycles. The Morgan fingerprint density at radius 1 is 1.10 bits per heavy atom. The first-order valence-corrected chi connectivity index (χ1v) is 13.6. The molecule has 1 unspecified atom stereocenters. The van der Waals surface area contributed by atoms with Crippen LogP contribution >= 0.6 is 11.3 Å². The minimum Gasteiger partial charge on any atom is -0.480 e. The molecule has 0 saturated carbocycles. The second-order valence-electron chi connectivity index (χ2n) is 9.73. The molecule has 9 nitrogen and oxygen atoms in total. The number of aromatic carboxylic acids is 1. The minimum atomic E-state index is -1.19. The Morgan fingerprint density at radius 2 is 1.82 bits per heavy atom. The van der Waals surface area contributed by atoms with E-state index in [0.29, 0.717) is 10.4 Å². The predicted molar refractivity (Wildman–Crippen MR) is 152 cm³/mol. The quantitative estimate of drug-likeness (QED) is 0.287. The van der Waals surface area contributed by atoms with Gasteiger partial charge >= 0.3 is 11.9 Å². The topological polar surface area (TPSA) is 128 Å². The highest BCUT2D eigenvalue weighted by Crippen LogP contribution is 2.42. The molecule has 1 aliphatic heterocycles. The molecule has 0 bridgehead atoms. The van der Waals surface area contributed by atoms with E-state index in [2.05, 4.69) is 10.6 Å². The summed E-state index contributed by atoms with van der Waals surface area (Å²) in [6.07, 6.45) is 1.72. The molecule has 1 amide bonds. The molecule has 206 valence electrons. The molecular formula is C29H33N3O6S. The van der Waals surface area contributed by atoms with Crippen LogP contribution in [0.5, 0.6) is 5.75 Å². The van der Waals surface area contributed by atoms with Crippen LogP contribution in [0.3, 0.4) is 0 Å². The van der Waals surface area contributed by atoms with Crippen molar-refractivity contribution < 1.29 is 29.3 Å². The van der Waals surface area contributed by atoms with E-state index in [1.54, 1.807) is 18.9 Å². The molecule has 4 rings (SSSR count). The Bertz CT molecular complexity index is 1360. The normalized spacial score (nSPS) is 14.4. The van der Waals surface area contributed by atoms with Gasteiger partial charge in [0.05, 0.1) is 0 Å². The second-order valence-corrected chi connectivity index (χ2v) is 10.7. The first-order chi connectivity index (χ1) is 18.7. The highest BCUT2D eigenvalue weighted by molar-refractivity contribution is 7.18. The van der Waals surface area contributed by atoms with Crippen LogP contribution in [0, 0.1) is 19.8 Å². The van der Waals surface area contributed by atoms with Gasteiger partial charge in [0.2, 0.25) is 5.91 Å². The number of ether oxygens (including phenoxy) is 1. The maximum Gasteiger partial charge on any atom is 0.349 e. The number of benzene rings is 2. The van der Waals surface area contributed by atoms with Crippen LogP contribution in [0.2, 0.25) is 0 Å². The Kier molecular flexibility index (Phi) is 8.88. The third-order valence-corrected chi connectivity index (χ3v) is 8.22. The van der Waals surface area contributed by atoms with Crippen molar-refractivity contribution in [2.24, 2.45) is 5.92 Å². The number of amides is 1. The number of nitrogens with one attached hydrogen (secondary N) is 2. The molecule has 0 spiro atoms. The zero-order valence-corrected chi connectivity index (χ0v) is 23.0. The van der Waals surface area contributed by atoms with Crippen LogP contribution in [0.1, 0.15) is 33.6 Å². The van der Waals surface area contributed by atoms with Crippen molar-refractivity contribution in [2.75, 3.05) is 37.0 Å². The smallest absolute Gasteiger partial charge is 0.349 e. The molecule has 0 aliphatic carbocycles. The predicted octanol–water partition coefficient (Wildman–Crippen LogP) is 4.64. The van der Waals surface area contributed by atoms with Gasteiger partial charge in [-0.1, -0.05) is 24.3 Å². The van der Waals surface area contributed by atoms with E-state index in [4.69, 9.17) is 9.84 Å². The zero-order valence-electron chi connectivity index (χ0n) is 22.2. The van der Waals surface area contributed by atoms with E-state index < -0.39 is 24.6 Å². The highest BCUT2D eigenvalue weighted by Gasteiger charge is 2.32. The Morgan fingerprint density at radius 3 is 2.49 bits per heavy atom. The number of carbonyl (C=O) groups excluding carboxylic acids is 1. The number of carboxylic acid groups (broad SMARTS) is 2. The van der Waals surface area contributed by atoms with E-state index >= 15 is 0 Å². The number of aliphatic carboxylic acids is 1. The lowest BCUT2D eigenvalue weighted by atomic mass is 9.89. The molecule has 39 heavy (non-hydrogen) atoms. The first-order valence-electron chi connectivity index (χ1n) is 12.8. The number of hydrogen-bond acceptors (Lipinski definition) is 7. The largest absolute Gasteiger partial charge is 0.480 e. The lowest BCUT2D eigenvalue weighted by Crippen LogP contribution is -2.48. The number of hydrogen-bond donors (Lipinski definition) is 4. The molecule has 10 heteroatoms. The van der Waals surface area contributed by atoms with Crippen LogP contribution in [0.25, 0.3) is 10.4 Å². The average Bonchev–Trinajstić information content (AvgIpc) is 3.26. The van der Waals surface area contributed by atoms with E-state index in [9.17, 15) is 19.5 Å². The van der Waals surface area contributed by atoms with E-state index in [0.717, 1.165) is 59.8 Å². The van der Waals surface area contributed by atoms with Gasteiger partial charge < -0.3 is 30.5 Å². The van der Waals surface area contributed by atoms with E-state index in [1.165, 1.54) is 0 Å². The number of aryl methyl sites for hydroxylation is 1. The number of nitrogens with zero attached hydrogens (tertiary/aromatic N) is 1. The molecule has 0 radical (unpaired) electrons. The van der Waals surface area contributed by atoms with Crippen LogP contribution in [-0.2, 0) is 9.59 Å². The molecule has 2 aromatic carbocycles. The molecule has 3 aromatic rings. The number of carboxylic acids is 2. The number of anilines is 2. The number of thiophene rings is 1. The van der Waals surface area contributed by atoms with Crippen LogP contribution in [-0.4, -0.2) is 60.8 Å². The standard InChI is InChI=1S/C29H33N3O6S/c1-17-6-4-9-22(14-17)32(3)28(35)24(19-10-12-30-13-11-19)31-21-8-5-7-20(15-21)26-18(2)25(38-16-23(33)34)27(39-26)29(36)37/h4-9,14-15,19,24,30-31H,10-13,16H2,1-3H3,(H,33,34)(H,36,37). The molecule has 1 atom stereocenters. The molecule has 1 aliphatic rings. The SMILES string of the molecule is Cc1cccc(N(C)C(=O)C(Nc2cccc(-c3sc(C(=O)O)c(OCC(=O)O)c3C)c2)C2CCNCC2)c1. The van der Waals surface area contributed by atoms with Gasteiger partial charge in [0.15, 0.2) is 11.5 Å². The summed E-state index contributed by atoms with van der Waals surface area (Å²) in [7, 11) is 1.80. The van der Waals surface area contributed by atoms with Crippen molar-refractivity contribution in [3.05, 3.63) is 64.5 Å². The summed E-state index contributed by atoms with van der Waals surface area (Å²) >= 11 is 1.04. The van der Waals surface area contributed by atoms with Crippen molar-refractivity contribution in [3.8, 4) is 16.2 Å². The number of carbonyl (C=O) groups is 3. The number of likely N-dealkylation sites (N-methyl/N-ethyl adjacent to an activating group) is 1. The third-order valence-electron chi connectivity index (χ3n) is 6.91. The summed E-state index contributed by atoms with van der Waals surface area (Å²) in [6, 6.07) is 14.9. The van der Waals surface area contributed by atoms with Crippen molar-refractivity contribution >= 4 is 40.6 Å². The fourth-order valence-corrected chi connectivity index (χ4v) is 5.97. The van der Waals surface area contributed by atoms with Crippen LogP contribution in [0.15, 0.2) is 48.5 Å². The summed E-state index contributed by atoms with van der Waals surface area (Å²) in [5.41, 5.74) is 3.95. The summed E-state index contributed by atoms with van der Waals surface area (Å²) in [4.78, 5) is 39.0. The van der Waals surface area contributed by atoms with Crippen LogP contribution < -0.4 is 20.3 Å². The molecule has 1 fully saturated rings. The third kappa shape index (κ3) is 6.58. The summed E-state index contributed by atoms with van der Waals surface area (Å²) < 4.78 is 5.33. The average molecular weight is 552 g/mol. The van der Waals surface area contributed by atoms with Crippen molar-refractivity contribution in [3.63, 3.8) is 0 Å². The zero-order chi connectivity index (χ0) is 28.1. The van der Waals surface area contributed by atoms with Crippen molar-refractivity contribution in [1.29, 1.82) is 0 Å². The number of piperidine rings is 1. The lowest BCUT2D eigenvalue weighted by Gasteiger charge is -2.34. The fourth-order valence-electron chi connectivity index (χ4n) is 4.88. The summed E-state index contributed by atoms with van der Waals surface area (Å²) in [5, 5.41) is 25.5. The maximum atomic E-state index is 13.8.